The first-order chi connectivity index (χ1) is 12.7. The lowest BCUT2D eigenvalue weighted by atomic mass is 9.52. The van der Waals surface area contributed by atoms with E-state index in [1.54, 1.807) is 0 Å². The van der Waals surface area contributed by atoms with Crippen molar-refractivity contribution in [2.45, 2.75) is 70.4 Å². The third kappa shape index (κ3) is 1.36. The van der Waals surface area contributed by atoms with E-state index in [4.69, 9.17) is 18.9 Å². The summed E-state index contributed by atoms with van der Waals surface area (Å²) in [7, 11) is 0. The molecule has 4 aliphatic heterocycles. The fraction of sp³-hybridized carbons (Fsp3) is 0.950. The van der Waals surface area contributed by atoms with Crippen LogP contribution in [0.5, 0.6) is 0 Å². The summed E-state index contributed by atoms with van der Waals surface area (Å²) in [6.45, 7) is 9.27. The zero-order valence-electron chi connectivity index (χ0n) is 16.2. The van der Waals surface area contributed by atoms with Crippen molar-refractivity contribution in [3.05, 3.63) is 0 Å². The van der Waals surface area contributed by atoms with E-state index in [2.05, 4.69) is 20.8 Å². The van der Waals surface area contributed by atoms with Gasteiger partial charge in [0.1, 0.15) is 6.10 Å². The SMILES string of the molecule is C[C@@H]1COC2[C@H]1C13O[C@@H]4OCCC45[C@H](C(C)(C)C)[C@@H](O)C(OC1=O)C35[C@H]2O. The van der Waals surface area contributed by atoms with Crippen molar-refractivity contribution >= 4 is 5.97 Å². The van der Waals surface area contributed by atoms with Gasteiger partial charge in [0, 0.05) is 17.3 Å². The van der Waals surface area contributed by atoms with E-state index in [0.29, 0.717) is 19.6 Å². The second-order valence-corrected chi connectivity index (χ2v) is 10.6. The molecule has 0 aromatic carbocycles. The Morgan fingerprint density at radius 1 is 1.19 bits per heavy atom. The molecular formula is C20H28O7. The van der Waals surface area contributed by atoms with Gasteiger partial charge in [-0.25, -0.2) is 4.79 Å². The first-order valence-corrected chi connectivity index (χ1v) is 10.1. The Bertz CT molecular complexity index is 732. The summed E-state index contributed by atoms with van der Waals surface area (Å²) in [5, 5.41) is 23.1. The third-order valence-electron chi connectivity index (χ3n) is 8.77. The van der Waals surface area contributed by atoms with Crippen molar-refractivity contribution in [3.63, 3.8) is 0 Å². The zero-order valence-corrected chi connectivity index (χ0v) is 16.2. The number of aliphatic hydroxyl groups excluding tert-OH is 2. The van der Waals surface area contributed by atoms with E-state index in [1.807, 2.05) is 6.92 Å². The van der Waals surface area contributed by atoms with Crippen LogP contribution in [-0.4, -0.2) is 65.7 Å². The van der Waals surface area contributed by atoms with Crippen molar-refractivity contribution in [2.75, 3.05) is 13.2 Å². The van der Waals surface area contributed by atoms with Crippen molar-refractivity contribution in [3.8, 4) is 0 Å². The Morgan fingerprint density at radius 3 is 2.63 bits per heavy atom. The van der Waals surface area contributed by atoms with Crippen molar-refractivity contribution in [2.24, 2.45) is 34.0 Å². The minimum absolute atomic E-state index is 0.0528. The molecule has 2 aliphatic carbocycles. The fourth-order valence-electron chi connectivity index (χ4n) is 8.53. The van der Waals surface area contributed by atoms with Crippen LogP contribution in [0.3, 0.4) is 0 Å². The molecule has 0 radical (unpaired) electrons. The van der Waals surface area contributed by atoms with E-state index < -0.39 is 53.1 Å². The molecule has 2 saturated carbocycles. The number of hydrogen-bond acceptors (Lipinski definition) is 7. The topological polar surface area (TPSA) is 94.5 Å². The lowest BCUT2D eigenvalue weighted by molar-refractivity contribution is -0.205. The molecule has 0 amide bonds. The largest absolute Gasteiger partial charge is 0.457 e. The highest BCUT2D eigenvalue weighted by Crippen LogP contribution is 2.83. The Labute approximate surface area is 158 Å². The maximum Gasteiger partial charge on any atom is 0.340 e. The summed E-state index contributed by atoms with van der Waals surface area (Å²) in [5.74, 6) is -0.916. The van der Waals surface area contributed by atoms with E-state index >= 15 is 0 Å². The molecule has 5 unspecified atom stereocenters. The Morgan fingerprint density at radius 2 is 1.93 bits per heavy atom. The van der Waals surface area contributed by atoms with Crippen molar-refractivity contribution in [1.82, 2.24) is 0 Å². The van der Waals surface area contributed by atoms with Gasteiger partial charge in [0.2, 0.25) is 0 Å². The number of ether oxygens (including phenoxy) is 4. The standard InChI is InChI=1S/C20H28O7/c1-8-7-25-11-9(8)20-15(23)26-14-10(21)12(17(2,3)4)18(19(14,20)13(11)22)5-6-24-16(18)27-20/h8-14,16,21-22H,5-7H2,1-4H3/t8-,9+,10-,11?,12+,13+,14?,16+,18?,19?,20?/m1/s1. The number of rotatable bonds is 0. The molecule has 7 heteroatoms. The van der Waals surface area contributed by atoms with Crippen LogP contribution < -0.4 is 0 Å². The maximum absolute atomic E-state index is 13.3. The van der Waals surface area contributed by atoms with Gasteiger partial charge in [-0.1, -0.05) is 27.7 Å². The van der Waals surface area contributed by atoms with Crippen molar-refractivity contribution < 1.29 is 34.0 Å². The number of aliphatic hydroxyl groups is 2. The monoisotopic (exact) mass is 380 g/mol. The zero-order chi connectivity index (χ0) is 19.1. The van der Waals surface area contributed by atoms with Crippen LogP contribution in [0.4, 0.5) is 0 Å². The molecule has 7 nitrogen and oxygen atoms in total. The molecule has 6 rings (SSSR count). The molecule has 2 N–H and O–H groups in total. The van der Waals surface area contributed by atoms with Crippen LogP contribution in [0.2, 0.25) is 0 Å². The number of esters is 1. The van der Waals surface area contributed by atoms with Gasteiger partial charge in [-0.05, 0) is 17.8 Å². The van der Waals surface area contributed by atoms with Gasteiger partial charge >= 0.3 is 5.97 Å². The molecule has 11 atom stereocenters. The smallest absolute Gasteiger partial charge is 0.340 e. The predicted octanol–water partition coefficient (Wildman–Crippen LogP) is 0.462. The molecule has 6 aliphatic rings. The van der Waals surface area contributed by atoms with Crippen LogP contribution >= 0.6 is 0 Å². The van der Waals surface area contributed by atoms with E-state index in [0.717, 1.165) is 0 Å². The lowest BCUT2D eigenvalue weighted by Gasteiger charge is -2.47. The number of fused-ring (bicyclic) bond motifs is 1. The van der Waals surface area contributed by atoms with E-state index in [1.165, 1.54) is 0 Å². The van der Waals surface area contributed by atoms with Crippen LogP contribution in [0.25, 0.3) is 0 Å². The van der Waals surface area contributed by atoms with E-state index in [9.17, 15) is 15.0 Å². The Balaban J connectivity index is 1.68. The number of carbonyl (C=O) groups excluding carboxylic acids is 1. The molecule has 6 fully saturated rings. The van der Waals surface area contributed by atoms with Crippen LogP contribution in [0.15, 0.2) is 0 Å². The first kappa shape index (κ1) is 17.2. The second-order valence-electron chi connectivity index (χ2n) is 10.6. The summed E-state index contributed by atoms with van der Waals surface area (Å²) >= 11 is 0. The van der Waals surface area contributed by atoms with E-state index in [-0.39, 0.29) is 23.2 Å². The molecule has 2 spiro atoms. The van der Waals surface area contributed by atoms with Crippen LogP contribution in [0, 0.1) is 34.0 Å². The van der Waals surface area contributed by atoms with Gasteiger partial charge in [-0.2, -0.15) is 0 Å². The van der Waals surface area contributed by atoms with Gasteiger partial charge < -0.3 is 29.2 Å². The molecule has 0 aromatic heterocycles. The lowest BCUT2D eigenvalue weighted by Crippen LogP contribution is -2.59. The molecule has 4 heterocycles. The molecule has 150 valence electrons. The predicted molar refractivity (Wildman–Crippen MR) is 90.3 cm³/mol. The fourth-order valence-corrected chi connectivity index (χ4v) is 8.53. The average molecular weight is 380 g/mol. The molecule has 27 heavy (non-hydrogen) atoms. The quantitative estimate of drug-likeness (QED) is 0.590. The average Bonchev–Trinajstić information content (AvgIpc) is 3.30. The molecule has 4 saturated heterocycles. The molecule has 0 aromatic rings. The van der Waals surface area contributed by atoms with Crippen LogP contribution in [-0.2, 0) is 23.7 Å². The normalized spacial score (nSPS) is 63.1. The molecule has 0 bridgehead atoms. The Hall–Kier alpha value is -0.730. The minimum Gasteiger partial charge on any atom is -0.457 e. The number of carbonyl (C=O) groups is 1. The maximum atomic E-state index is 13.3. The van der Waals surface area contributed by atoms with Crippen molar-refractivity contribution in [1.29, 1.82) is 0 Å². The molecular weight excluding hydrogens is 352 g/mol. The van der Waals surface area contributed by atoms with Gasteiger partial charge in [0.25, 0.3) is 0 Å². The summed E-state index contributed by atoms with van der Waals surface area (Å²) in [5.41, 5.74) is -3.28. The number of hydrogen-bond donors (Lipinski definition) is 2. The highest BCUT2D eigenvalue weighted by Gasteiger charge is 2.98. The third-order valence-corrected chi connectivity index (χ3v) is 8.77. The first-order valence-electron chi connectivity index (χ1n) is 10.1. The summed E-state index contributed by atoms with van der Waals surface area (Å²) in [6, 6.07) is 0. The van der Waals surface area contributed by atoms with Gasteiger partial charge in [-0.15, -0.1) is 0 Å². The highest BCUT2D eigenvalue weighted by atomic mass is 16.7. The van der Waals surface area contributed by atoms with Gasteiger partial charge in [0.05, 0.1) is 36.9 Å². The summed E-state index contributed by atoms with van der Waals surface area (Å²) in [4.78, 5) is 13.3. The summed E-state index contributed by atoms with van der Waals surface area (Å²) < 4.78 is 24.4. The van der Waals surface area contributed by atoms with Gasteiger partial charge in [-0.3, -0.25) is 0 Å². The van der Waals surface area contributed by atoms with Gasteiger partial charge in [0.15, 0.2) is 11.9 Å². The summed E-state index contributed by atoms with van der Waals surface area (Å²) in [6.07, 6.45) is -3.05. The van der Waals surface area contributed by atoms with Crippen LogP contribution in [0.1, 0.15) is 34.1 Å². The second kappa shape index (κ2) is 4.54. The minimum atomic E-state index is -1.30. The highest BCUT2D eigenvalue weighted by molar-refractivity contribution is 5.87. The Kier molecular flexibility index (Phi) is 2.88.